The highest BCUT2D eigenvalue weighted by molar-refractivity contribution is 7.87. The van der Waals surface area contributed by atoms with Gasteiger partial charge in [0.2, 0.25) is 0 Å². The highest BCUT2D eigenvalue weighted by Gasteiger charge is 2.26. The summed E-state index contributed by atoms with van der Waals surface area (Å²) in [7, 11) is -2.31. The van der Waals surface area contributed by atoms with Crippen molar-refractivity contribution in [2.24, 2.45) is 0 Å². The average Bonchev–Trinajstić information content (AvgIpc) is 2.12. The van der Waals surface area contributed by atoms with Crippen LogP contribution in [-0.2, 0) is 15.0 Å². The van der Waals surface area contributed by atoms with Gasteiger partial charge in [-0.1, -0.05) is 6.92 Å². The van der Waals surface area contributed by atoms with E-state index < -0.39 is 22.2 Å². The standard InChI is InChI=1S/C8H18N2O4S/c1-5-7(8(11)12)9-15(13,14)10(4)6(2)3/h6-7,9H,5H2,1-4H3,(H,11,12)/t7-/m1/s1. The molecule has 0 aromatic carbocycles. The predicted octanol–water partition coefficient (Wildman–Crippen LogP) is 0.0242. The van der Waals surface area contributed by atoms with Crippen LogP contribution in [-0.4, -0.2) is 42.9 Å². The van der Waals surface area contributed by atoms with Crippen molar-refractivity contribution in [3.63, 3.8) is 0 Å². The fourth-order valence-electron chi connectivity index (χ4n) is 0.849. The molecule has 1 atom stereocenters. The monoisotopic (exact) mass is 238 g/mol. The van der Waals surface area contributed by atoms with Crippen LogP contribution in [0.1, 0.15) is 27.2 Å². The Morgan fingerprint density at radius 1 is 1.47 bits per heavy atom. The third-order valence-electron chi connectivity index (χ3n) is 2.10. The van der Waals surface area contributed by atoms with Gasteiger partial charge in [0.05, 0.1) is 0 Å². The van der Waals surface area contributed by atoms with Gasteiger partial charge in [0.15, 0.2) is 0 Å². The summed E-state index contributed by atoms with van der Waals surface area (Å²) < 4.78 is 26.4. The molecule has 0 bridgehead atoms. The van der Waals surface area contributed by atoms with Crippen molar-refractivity contribution in [2.45, 2.75) is 39.3 Å². The maximum atomic E-state index is 11.6. The number of hydrogen-bond acceptors (Lipinski definition) is 3. The van der Waals surface area contributed by atoms with E-state index in [0.717, 1.165) is 4.31 Å². The summed E-state index contributed by atoms with van der Waals surface area (Å²) in [5, 5.41) is 8.71. The van der Waals surface area contributed by atoms with Crippen LogP contribution in [0.15, 0.2) is 0 Å². The number of rotatable bonds is 6. The SMILES string of the molecule is CC[C@@H](NS(=O)(=O)N(C)C(C)C)C(=O)O. The molecule has 0 aromatic rings. The van der Waals surface area contributed by atoms with Crippen LogP contribution >= 0.6 is 0 Å². The second-order valence-corrected chi connectivity index (χ2v) is 5.29. The first kappa shape index (κ1) is 14.3. The second-order valence-electron chi connectivity index (χ2n) is 3.53. The maximum absolute atomic E-state index is 11.6. The molecule has 7 heteroatoms. The van der Waals surface area contributed by atoms with Gasteiger partial charge >= 0.3 is 5.97 Å². The van der Waals surface area contributed by atoms with E-state index in [9.17, 15) is 13.2 Å². The summed E-state index contributed by atoms with van der Waals surface area (Å²) in [6.07, 6.45) is 0.209. The van der Waals surface area contributed by atoms with Crippen molar-refractivity contribution in [3.05, 3.63) is 0 Å². The Kier molecular flexibility index (Phi) is 5.19. The van der Waals surface area contributed by atoms with Crippen LogP contribution in [0.5, 0.6) is 0 Å². The van der Waals surface area contributed by atoms with E-state index in [1.807, 2.05) is 0 Å². The number of nitrogens with one attached hydrogen (secondary N) is 1. The molecule has 0 aliphatic rings. The molecule has 15 heavy (non-hydrogen) atoms. The van der Waals surface area contributed by atoms with Gasteiger partial charge in [-0.2, -0.15) is 17.4 Å². The normalized spacial score (nSPS) is 14.5. The summed E-state index contributed by atoms with van der Waals surface area (Å²) in [5.41, 5.74) is 0. The van der Waals surface area contributed by atoms with Crippen LogP contribution < -0.4 is 4.72 Å². The Balaban J connectivity index is 4.70. The third-order valence-corrected chi connectivity index (χ3v) is 3.87. The number of carboxylic acid groups (broad SMARTS) is 1. The van der Waals surface area contributed by atoms with E-state index in [1.54, 1.807) is 20.8 Å². The predicted molar refractivity (Wildman–Crippen MR) is 56.7 cm³/mol. The van der Waals surface area contributed by atoms with Crippen LogP contribution in [0, 0.1) is 0 Å². The van der Waals surface area contributed by atoms with Gasteiger partial charge in [0, 0.05) is 13.1 Å². The smallest absolute Gasteiger partial charge is 0.321 e. The highest BCUT2D eigenvalue weighted by Crippen LogP contribution is 2.03. The number of carboxylic acids is 1. The molecule has 0 saturated carbocycles. The second kappa shape index (κ2) is 5.43. The molecule has 0 aromatic heterocycles. The molecule has 0 saturated heterocycles. The summed E-state index contributed by atoms with van der Waals surface area (Å²) in [6, 6.07) is -1.29. The van der Waals surface area contributed by atoms with Gasteiger partial charge in [0.1, 0.15) is 6.04 Å². The number of hydrogen-bond donors (Lipinski definition) is 2. The first-order chi connectivity index (χ1) is 6.72. The van der Waals surface area contributed by atoms with E-state index in [0.29, 0.717) is 0 Å². The lowest BCUT2D eigenvalue weighted by atomic mass is 10.2. The Bertz CT molecular complexity index is 313. The Morgan fingerprint density at radius 2 is 1.93 bits per heavy atom. The number of aliphatic carboxylic acids is 1. The summed E-state index contributed by atoms with van der Waals surface area (Å²) in [6.45, 7) is 5.03. The van der Waals surface area contributed by atoms with Crippen LogP contribution in [0.4, 0.5) is 0 Å². The average molecular weight is 238 g/mol. The first-order valence-corrected chi connectivity index (χ1v) is 6.14. The molecule has 0 radical (unpaired) electrons. The van der Waals surface area contributed by atoms with E-state index in [4.69, 9.17) is 5.11 Å². The van der Waals surface area contributed by atoms with Crippen LogP contribution in [0.25, 0.3) is 0 Å². The minimum Gasteiger partial charge on any atom is -0.480 e. The lowest BCUT2D eigenvalue weighted by Gasteiger charge is -2.23. The van der Waals surface area contributed by atoms with Gasteiger partial charge in [0.25, 0.3) is 10.2 Å². The fourth-order valence-corrected chi connectivity index (χ4v) is 2.20. The lowest BCUT2D eigenvalue weighted by molar-refractivity contribution is -0.139. The molecular formula is C8H18N2O4S. The third kappa shape index (κ3) is 4.15. The molecule has 0 spiro atoms. The molecule has 90 valence electrons. The van der Waals surface area contributed by atoms with Crippen molar-refractivity contribution in [1.29, 1.82) is 0 Å². The van der Waals surface area contributed by atoms with E-state index >= 15 is 0 Å². The summed E-state index contributed by atoms with van der Waals surface area (Å²) >= 11 is 0. The lowest BCUT2D eigenvalue weighted by Crippen LogP contribution is -2.48. The molecule has 0 fully saturated rings. The van der Waals surface area contributed by atoms with Crippen molar-refractivity contribution in [3.8, 4) is 0 Å². The molecular weight excluding hydrogens is 220 g/mol. The molecule has 2 N–H and O–H groups in total. The minimum atomic E-state index is -3.71. The zero-order valence-corrected chi connectivity index (χ0v) is 10.2. The molecule has 0 heterocycles. The highest BCUT2D eigenvalue weighted by atomic mass is 32.2. The fraction of sp³-hybridized carbons (Fsp3) is 0.875. The van der Waals surface area contributed by atoms with Gasteiger partial charge in [-0.25, -0.2) is 0 Å². The molecule has 0 amide bonds. The maximum Gasteiger partial charge on any atom is 0.321 e. The Morgan fingerprint density at radius 3 is 2.20 bits per heavy atom. The van der Waals surface area contributed by atoms with E-state index in [-0.39, 0.29) is 12.5 Å². The Labute approximate surface area is 90.5 Å². The Hall–Kier alpha value is -0.660. The minimum absolute atomic E-state index is 0.209. The van der Waals surface area contributed by atoms with Gasteiger partial charge in [-0.15, -0.1) is 0 Å². The molecule has 0 aliphatic carbocycles. The van der Waals surface area contributed by atoms with E-state index in [2.05, 4.69) is 4.72 Å². The number of nitrogens with zero attached hydrogens (tertiary/aromatic N) is 1. The van der Waals surface area contributed by atoms with Gasteiger partial charge in [-0.3, -0.25) is 4.79 Å². The molecule has 0 aliphatic heterocycles. The van der Waals surface area contributed by atoms with Crippen LogP contribution in [0.2, 0.25) is 0 Å². The largest absolute Gasteiger partial charge is 0.480 e. The summed E-state index contributed by atoms with van der Waals surface area (Å²) in [4.78, 5) is 10.7. The van der Waals surface area contributed by atoms with Gasteiger partial charge in [-0.05, 0) is 20.3 Å². The zero-order valence-electron chi connectivity index (χ0n) is 9.39. The van der Waals surface area contributed by atoms with Crippen molar-refractivity contribution in [2.75, 3.05) is 7.05 Å². The first-order valence-electron chi connectivity index (χ1n) is 4.70. The van der Waals surface area contributed by atoms with Crippen molar-refractivity contribution >= 4 is 16.2 Å². The number of carbonyl (C=O) groups is 1. The molecule has 6 nitrogen and oxygen atoms in total. The molecule has 0 rings (SSSR count). The quantitative estimate of drug-likeness (QED) is 0.683. The topological polar surface area (TPSA) is 86.7 Å². The van der Waals surface area contributed by atoms with Crippen molar-refractivity contribution in [1.82, 2.24) is 9.03 Å². The molecule has 0 unspecified atom stereocenters. The van der Waals surface area contributed by atoms with Crippen molar-refractivity contribution < 1.29 is 18.3 Å². The zero-order chi connectivity index (χ0) is 12.2. The van der Waals surface area contributed by atoms with E-state index in [1.165, 1.54) is 7.05 Å². The summed E-state index contributed by atoms with van der Waals surface area (Å²) in [5.74, 6) is -1.17. The van der Waals surface area contributed by atoms with Crippen LogP contribution in [0.3, 0.4) is 0 Å². The van der Waals surface area contributed by atoms with Gasteiger partial charge < -0.3 is 5.11 Å².